The Balaban J connectivity index is 1.88. The van der Waals surface area contributed by atoms with E-state index in [4.69, 9.17) is 0 Å². The van der Waals surface area contributed by atoms with Crippen LogP contribution in [-0.2, 0) is 16.6 Å². The molecule has 1 N–H and O–H groups in total. The Morgan fingerprint density at radius 1 is 1.38 bits per heavy atom. The normalized spacial score (nSPS) is 15.1. The molecule has 2 aromatic rings. The summed E-state index contributed by atoms with van der Waals surface area (Å²) in [7, 11) is -3.81. The summed E-state index contributed by atoms with van der Waals surface area (Å²) in [5, 5.41) is 7.61. The SMILES string of the molecule is CCn1ncc(S(=O)(=O)Nc2nc(C)cc(C3CC3)n2)n1. The monoisotopic (exact) mass is 308 g/mol. The third kappa shape index (κ3) is 3.02. The van der Waals surface area contributed by atoms with Crippen molar-refractivity contribution in [1.82, 2.24) is 25.0 Å². The van der Waals surface area contributed by atoms with Crippen molar-refractivity contribution in [2.75, 3.05) is 4.72 Å². The second-order valence-corrected chi connectivity index (χ2v) is 6.64. The fraction of sp³-hybridized carbons (Fsp3) is 0.500. The van der Waals surface area contributed by atoms with E-state index in [1.165, 1.54) is 11.0 Å². The van der Waals surface area contributed by atoms with Crippen molar-refractivity contribution >= 4 is 16.0 Å². The van der Waals surface area contributed by atoms with E-state index in [9.17, 15) is 8.42 Å². The van der Waals surface area contributed by atoms with Crippen LogP contribution in [0.1, 0.15) is 37.1 Å². The van der Waals surface area contributed by atoms with E-state index in [1.54, 1.807) is 0 Å². The van der Waals surface area contributed by atoms with Gasteiger partial charge < -0.3 is 0 Å². The smallest absolute Gasteiger partial charge is 0.246 e. The van der Waals surface area contributed by atoms with Gasteiger partial charge in [0.1, 0.15) is 0 Å². The number of nitrogens with zero attached hydrogens (tertiary/aromatic N) is 5. The first-order valence-electron chi connectivity index (χ1n) is 6.76. The van der Waals surface area contributed by atoms with Crippen LogP contribution in [0.2, 0.25) is 0 Å². The molecule has 1 aliphatic rings. The highest BCUT2D eigenvalue weighted by Crippen LogP contribution is 2.39. The average Bonchev–Trinajstić information content (AvgIpc) is 3.14. The fourth-order valence-electron chi connectivity index (χ4n) is 1.96. The number of hydrogen-bond acceptors (Lipinski definition) is 6. The van der Waals surface area contributed by atoms with Gasteiger partial charge in [0.05, 0.1) is 12.7 Å². The van der Waals surface area contributed by atoms with Crippen LogP contribution in [-0.4, -0.2) is 33.4 Å². The first-order valence-corrected chi connectivity index (χ1v) is 8.25. The summed E-state index contributed by atoms with van der Waals surface area (Å²) >= 11 is 0. The van der Waals surface area contributed by atoms with Gasteiger partial charge in [0.15, 0.2) is 0 Å². The van der Waals surface area contributed by atoms with Crippen LogP contribution in [0, 0.1) is 6.92 Å². The minimum Gasteiger partial charge on any atom is -0.246 e. The lowest BCUT2D eigenvalue weighted by Crippen LogP contribution is -2.17. The molecule has 0 spiro atoms. The molecule has 1 saturated carbocycles. The topological polar surface area (TPSA) is 103 Å². The standard InChI is InChI=1S/C12H16N6O2S/c1-3-18-13-7-11(16-18)21(19,20)17-12-14-8(2)6-10(15-12)9-4-5-9/h6-7,9H,3-5H2,1-2H3,(H,14,15,17). The molecular weight excluding hydrogens is 292 g/mol. The van der Waals surface area contributed by atoms with Gasteiger partial charge in [-0.2, -0.15) is 18.3 Å². The Morgan fingerprint density at radius 3 is 2.76 bits per heavy atom. The Hall–Kier alpha value is -2.03. The van der Waals surface area contributed by atoms with Crippen LogP contribution in [0.5, 0.6) is 0 Å². The molecule has 1 fully saturated rings. The maximum atomic E-state index is 12.2. The summed E-state index contributed by atoms with van der Waals surface area (Å²) in [6.45, 7) is 4.15. The zero-order valence-electron chi connectivity index (χ0n) is 11.8. The Bertz CT molecular complexity index is 766. The third-order valence-corrected chi connectivity index (χ3v) is 4.36. The highest BCUT2D eigenvalue weighted by molar-refractivity contribution is 7.92. The molecule has 0 unspecified atom stereocenters. The molecule has 0 bridgehead atoms. The second-order valence-electron chi connectivity index (χ2n) is 5.01. The van der Waals surface area contributed by atoms with E-state index in [0.29, 0.717) is 12.5 Å². The van der Waals surface area contributed by atoms with Crippen LogP contribution in [0.4, 0.5) is 5.95 Å². The molecule has 2 aromatic heterocycles. The van der Waals surface area contributed by atoms with Gasteiger partial charge in [0, 0.05) is 17.3 Å². The summed E-state index contributed by atoms with van der Waals surface area (Å²) in [5.41, 5.74) is 1.62. The Morgan fingerprint density at radius 2 is 2.14 bits per heavy atom. The number of nitrogens with one attached hydrogen (secondary N) is 1. The van der Waals surface area contributed by atoms with Gasteiger partial charge in [-0.1, -0.05) is 0 Å². The first-order chi connectivity index (χ1) is 9.98. The van der Waals surface area contributed by atoms with Crippen molar-refractivity contribution in [3.8, 4) is 0 Å². The van der Waals surface area contributed by atoms with Gasteiger partial charge in [-0.25, -0.2) is 14.7 Å². The quantitative estimate of drug-likeness (QED) is 0.886. The zero-order chi connectivity index (χ0) is 15.0. The average molecular weight is 308 g/mol. The van der Waals surface area contributed by atoms with Crippen molar-refractivity contribution in [3.05, 3.63) is 23.7 Å². The molecule has 2 heterocycles. The number of aromatic nitrogens is 5. The van der Waals surface area contributed by atoms with Gasteiger partial charge in [0.25, 0.3) is 10.0 Å². The predicted octanol–water partition coefficient (Wildman–Crippen LogP) is 1.07. The maximum Gasteiger partial charge on any atom is 0.285 e. The summed E-state index contributed by atoms with van der Waals surface area (Å²) in [6, 6.07) is 1.89. The van der Waals surface area contributed by atoms with Crippen LogP contribution >= 0.6 is 0 Å². The maximum absolute atomic E-state index is 12.2. The number of sulfonamides is 1. The molecular formula is C12H16N6O2S. The molecule has 0 saturated heterocycles. The highest BCUT2D eigenvalue weighted by Gasteiger charge is 2.27. The highest BCUT2D eigenvalue weighted by atomic mass is 32.2. The summed E-state index contributed by atoms with van der Waals surface area (Å²) < 4.78 is 26.8. The molecule has 112 valence electrons. The molecule has 0 amide bonds. The predicted molar refractivity (Wildman–Crippen MR) is 75.2 cm³/mol. The molecule has 3 rings (SSSR count). The first kappa shape index (κ1) is 13.9. The van der Waals surface area contributed by atoms with Crippen LogP contribution in [0.3, 0.4) is 0 Å². The zero-order valence-corrected chi connectivity index (χ0v) is 12.6. The van der Waals surface area contributed by atoms with Gasteiger partial charge in [0.2, 0.25) is 11.0 Å². The summed E-state index contributed by atoms with van der Waals surface area (Å²) in [4.78, 5) is 9.71. The molecule has 0 aromatic carbocycles. The molecule has 0 radical (unpaired) electrons. The number of aryl methyl sites for hydroxylation is 2. The van der Waals surface area contributed by atoms with Crippen LogP contribution in [0.15, 0.2) is 17.3 Å². The van der Waals surface area contributed by atoms with Crippen molar-refractivity contribution in [2.45, 2.75) is 44.2 Å². The van der Waals surface area contributed by atoms with E-state index < -0.39 is 10.0 Å². The molecule has 9 heteroatoms. The van der Waals surface area contributed by atoms with Crippen molar-refractivity contribution < 1.29 is 8.42 Å². The van der Waals surface area contributed by atoms with Crippen LogP contribution < -0.4 is 4.72 Å². The number of hydrogen-bond donors (Lipinski definition) is 1. The van der Waals surface area contributed by atoms with E-state index in [1.807, 2.05) is 19.9 Å². The molecule has 0 atom stereocenters. The van der Waals surface area contributed by atoms with E-state index in [-0.39, 0.29) is 11.0 Å². The van der Waals surface area contributed by atoms with Crippen molar-refractivity contribution in [1.29, 1.82) is 0 Å². The Kier molecular flexibility index (Phi) is 3.36. The molecule has 1 aliphatic carbocycles. The second kappa shape index (κ2) is 5.06. The fourth-order valence-corrected chi connectivity index (χ4v) is 2.78. The van der Waals surface area contributed by atoms with E-state index in [2.05, 4.69) is 24.9 Å². The van der Waals surface area contributed by atoms with Gasteiger partial charge >= 0.3 is 0 Å². The minimum atomic E-state index is -3.81. The van der Waals surface area contributed by atoms with Gasteiger partial charge in [-0.15, -0.1) is 5.10 Å². The molecule has 0 aliphatic heterocycles. The van der Waals surface area contributed by atoms with Crippen LogP contribution in [0.25, 0.3) is 0 Å². The minimum absolute atomic E-state index is 0.0861. The Labute approximate surface area is 122 Å². The number of rotatable bonds is 5. The van der Waals surface area contributed by atoms with Gasteiger partial charge in [-0.05, 0) is 32.8 Å². The lowest BCUT2D eigenvalue weighted by atomic mass is 10.2. The van der Waals surface area contributed by atoms with Crippen molar-refractivity contribution in [2.24, 2.45) is 0 Å². The van der Waals surface area contributed by atoms with Crippen molar-refractivity contribution in [3.63, 3.8) is 0 Å². The van der Waals surface area contributed by atoms with Gasteiger partial charge in [-0.3, -0.25) is 0 Å². The van der Waals surface area contributed by atoms with E-state index in [0.717, 1.165) is 24.2 Å². The molecule has 21 heavy (non-hydrogen) atoms. The summed E-state index contributed by atoms with van der Waals surface area (Å²) in [5.74, 6) is 0.513. The lowest BCUT2D eigenvalue weighted by Gasteiger charge is -2.06. The largest absolute Gasteiger partial charge is 0.285 e. The lowest BCUT2D eigenvalue weighted by molar-refractivity contribution is 0.551. The van der Waals surface area contributed by atoms with E-state index >= 15 is 0 Å². The summed E-state index contributed by atoms with van der Waals surface area (Å²) in [6.07, 6.45) is 3.39. The number of anilines is 1. The third-order valence-electron chi connectivity index (χ3n) is 3.17. The molecule has 8 nitrogen and oxygen atoms in total.